The summed E-state index contributed by atoms with van der Waals surface area (Å²) in [7, 11) is -4.17. The lowest BCUT2D eigenvalue weighted by Gasteiger charge is -2.27. The van der Waals surface area contributed by atoms with E-state index in [2.05, 4.69) is 5.09 Å². The van der Waals surface area contributed by atoms with Gasteiger partial charge < -0.3 is 23.5 Å². The number of ether oxygens (including phenoxy) is 4. The molecule has 0 amide bonds. The highest BCUT2D eigenvalue weighted by atomic mass is 31.2. The van der Waals surface area contributed by atoms with Gasteiger partial charge in [-0.05, 0) is 32.9 Å². The highest BCUT2D eigenvalue weighted by molar-refractivity contribution is 7.52. The molecule has 5 atom stereocenters. The smallest absolute Gasteiger partial charge is 0.459 e. The first kappa shape index (κ1) is 30.8. The van der Waals surface area contributed by atoms with Gasteiger partial charge in [0.25, 0.3) is 0 Å². The van der Waals surface area contributed by atoms with E-state index in [0.717, 1.165) is 0 Å². The van der Waals surface area contributed by atoms with Crippen LogP contribution in [-0.2, 0) is 42.4 Å². The van der Waals surface area contributed by atoms with Crippen molar-refractivity contribution in [2.75, 3.05) is 13.2 Å². The maximum atomic E-state index is 13.7. The maximum Gasteiger partial charge on any atom is 0.459 e. The zero-order chi connectivity index (χ0) is 27.8. The Kier molecular flexibility index (Phi) is 11.6. The molecule has 1 heterocycles. The number of carbonyl (C=O) groups excluding carboxylic acids is 3. The molecule has 4 unspecified atom stereocenters. The van der Waals surface area contributed by atoms with Crippen molar-refractivity contribution in [3.05, 3.63) is 30.3 Å². The molecule has 1 aromatic carbocycles. The largest absolute Gasteiger partial charge is 0.462 e. The summed E-state index contributed by atoms with van der Waals surface area (Å²) in [5, 5.41) is 2.59. The Labute approximate surface area is 218 Å². The highest BCUT2D eigenvalue weighted by Crippen LogP contribution is 2.45. The Morgan fingerprint density at radius 2 is 1.54 bits per heavy atom. The third-order valence-electron chi connectivity index (χ3n) is 5.10. The zero-order valence-electron chi connectivity index (χ0n) is 22.4. The Balaban J connectivity index is 2.21. The Hall–Kier alpha value is -2.46. The Bertz CT molecular complexity index is 952. The van der Waals surface area contributed by atoms with Crippen LogP contribution in [0.4, 0.5) is 0 Å². The van der Waals surface area contributed by atoms with Crippen LogP contribution in [0.15, 0.2) is 30.3 Å². The second kappa shape index (κ2) is 13.9. The van der Waals surface area contributed by atoms with Gasteiger partial charge in [-0.25, -0.2) is 4.57 Å². The second-order valence-corrected chi connectivity index (χ2v) is 11.3. The van der Waals surface area contributed by atoms with Crippen molar-refractivity contribution in [1.82, 2.24) is 5.09 Å². The number of nitrogens with one attached hydrogen (secondary N) is 1. The first-order valence-corrected chi connectivity index (χ1v) is 13.9. The van der Waals surface area contributed by atoms with Gasteiger partial charge in [-0.15, -0.1) is 0 Å². The van der Waals surface area contributed by atoms with Gasteiger partial charge in [0.2, 0.25) is 0 Å². The van der Waals surface area contributed by atoms with E-state index in [1.54, 1.807) is 71.9 Å². The minimum Gasteiger partial charge on any atom is -0.462 e. The van der Waals surface area contributed by atoms with Crippen molar-refractivity contribution in [1.29, 1.82) is 0 Å². The van der Waals surface area contributed by atoms with Gasteiger partial charge in [-0.3, -0.25) is 18.9 Å². The lowest BCUT2D eigenvalue weighted by atomic mass is 10.1. The quantitative estimate of drug-likeness (QED) is 0.222. The molecule has 37 heavy (non-hydrogen) atoms. The van der Waals surface area contributed by atoms with Gasteiger partial charge in [0.05, 0.1) is 31.2 Å². The van der Waals surface area contributed by atoms with Crippen molar-refractivity contribution in [3.63, 3.8) is 0 Å². The van der Waals surface area contributed by atoms with Crippen molar-refractivity contribution < 1.29 is 46.9 Å². The van der Waals surface area contributed by atoms with E-state index in [4.69, 9.17) is 28.0 Å². The summed E-state index contributed by atoms with van der Waals surface area (Å²) >= 11 is 0. The zero-order valence-corrected chi connectivity index (χ0v) is 23.3. The fourth-order valence-corrected chi connectivity index (χ4v) is 4.61. The van der Waals surface area contributed by atoms with E-state index in [-0.39, 0.29) is 25.1 Å². The Morgan fingerprint density at radius 1 is 0.946 bits per heavy atom. The molecule has 0 aliphatic carbocycles. The van der Waals surface area contributed by atoms with Crippen LogP contribution in [0.25, 0.3) is 0 Å². The van der Waals surface area contributed by atoms with E-state index >= 15 is 0 Å². The molecule has 1 aromatic rings. The lowest BCUT2D eigenvalue weighted by Crippen LogP contribution is -2.42. The average Bonchev–Trinajstić information content (AvgIpc) is 3.18. The third kappa shape index (κ3) is 9.74. The van der Waals surface area contributed by atoms with Crippen LogP contribution in [0.2, 0.25) is 0 Å². The molecule has 1 N–H and O–H groups in total. The number of hydrogen-bond donors (Lipinski definition) is 1. The van der Waals surface area contributed by atoms with Gasteiger partial charge in [0, 0.05) is 0 Å². The predicted molar refractivity (Wildman–Crippen MR) is 134 cm³/mol. The third-order valence-corrected chi connectivity index (χ3v) is 6.75. The molecule has 0 spiro atoms. The van der Waals surface area contributed by atoms with Gasteiger partial charge >= 0.3 is 25.7 Å². The molecular weight excluding hydrogens is 505 g/mol. The topological polar surface area (TPSA) is 136 Å². The van der Waals surface area contributed by atoms with Crippen LogP contribution in [-0.4, -0.2) is 61.6 Å². The van der Waals surface area contributed by atoms with Gasteiger partial charge in [0.15, 0.2) is 12.2 Å². The molecule has 1 saturated heterocycles. The monoisotopic (exact) mass is 543 g/mol. The fraction of sp³-hybridized carbons (Fsp3) is 0.640. The predicted octanol–water partition coefficient (Wildman–Crippen LogP) is 3.65. The molecule has 1 aliphatic heterocycles. The van der Waals surface area contributed by atoms with E-state index in [9.17, 15) is 18.9 Å². The van der Waals surface area contributed by atoms with Crippen LogP contribution in [0, 0.1) is 11.8 Å². The SMILES string of the molecule is CC(C)OC(=O)[C@H](C)NP(=O)(OCC1OCC(OC(=O)C(C)C)C1OC(=O)C(C)C)Oc1ccccc1. The molecule has 0 radical (unpaired) electrons. The summed E-state index contributed by atoms with van der Waals surface area (Å²) in [6, 6.07) is 7.25. The first-order valence-electron chi connectivity index (χ1n) is 12.3. The highest BCUT2D eigenvalue weighted by Gasteiger charge is 2.45. The van der Waals surface area contributed by atoms with Crippen molar-refractivity contribution >= 4 is 25.7 Å². The molecule has 208 valence electrons. The maximum absolute atomic E-state index is 13.7. The van der Waals surface area contributed by atoms with E-state index in [0.29, 0.717) is 0 Å². The summed E-state index contributed by atoms with van der Waals surface area (Å²) in [6.45, 7) is 11.2. The number of para-hydroxylation sites is 1. The van der Waals surface area contributed by atoms with Crippen molar-refractivity contribution in [3.8, 4) is 5.75 Å². The van der Waals surface area contributed by atoms with E-state index < -0.39 is 61.8 Å². The number of esters is 3. The standard InChI is InChI=1S/C25H38NO10P/c1-15(2)23(27)34-21-13-31-20(22(21)35-24(28)16(3)4)14-32-37(30,36-19-11-9-8-10-12-19)26-18(7)25(29)33-17(5)6/h8-12,15-18,20-22H,13-14H2,1-7H3,(H,26,30)/t18-,20?,21?,22?,37?/m0/s1. The van der Waals surface area contributed by atoms with Crippen LogP contribution >= 0.6 is 7.75 Å². The van der Waals surface area contributed by atoms with Gasteiger partial charge in [0.1, 0.15) is 17.9 Å². The normalized spacial score (nSPS) is 21.9. The lowest BCUT2D eigenvalue weighted by molar-refractivity contribution is -0.170. The summed E-state index contributed by atoms with van der Waals surface area (Å²) < 4.78 is 47.0. The molecular formula is C25H38NO10P. The van der Waals surface area contributed by atoms with Crippen molar-refractivity contribution in [2.24, 2.45) is 11.8 Å². The summed E-state index contributed by atoms with van der Waals surface area (Å²) in [5.41, 5.74) is 0. The van der Waals surface area contributed by atoms with Crippen LogP contribution < -0.4 is 9.61 Å². The minimum atomic E-state index is -4.17. The van der Waals surface area contributed by atoms with E-state index in [1.165, 1.54) is 6.92 Å². The number of hydrogen-bond acceptors (Lipinski definition) is 10. The van der Waals surface area contributed by atoms with Crippen LogP contribution in [0.5, 0.6) is 5.75 Å². The summed E-state index contributed by atoms with van der Waals surface area (Å²) in [4.78, 5) is 36.9. The molecule has 12 heteroatoms. The molecule has 1 fully saturated rings. The molecule has 0 bridgehead atoms. The van der Waals surface area contributed by atoms with Gasteiger partial charge in [-0.2, -0.15) is 5.09 Å². The van der Waals surface area contributed by atoms with E-state index in [1.807, 2.05) is 0 Å². The van der Waals surface area contributed by atoms with Crippen molar-refractivity contribution in [2.45, 2.75) is 78.9 Å². The molecule has 2 rings (SSSR count). The summed E-state index contributed by atoms with van der Waals surface area (Å²) in [5.74, 6) is -2.23. The van der Waals surface area contributed by atoms with Gasteiger partial charge in [-0.1, -0.05) is 45.9 Å². The number of carbonyl (C=O) groups is 3. The average molecular weight is 544 g/mol. The fourth-order valence-electron chi connectivity index (χ4n) is 3.10. The Morgan fingerprint density at radius 3 is 2.11 bits per heavy atom. The number of benzene rings is 1. The molecule has 0 aromatic heterocycles. The molecule has 0 saturated carbocycles. The molecule has 11 nitrogen and oxygen atoms in total. The first-order chi connectivity index (χ1) is 17.3. The molecule has 1 aliphatic rings. The minimum absolute atomic E-state index is 0.0447. The van der Waals surface area contributed by atoms with Crippen LogP contribution in [0.1, 0.15) is 48.5 Å². The van der Waals surface area contributed by atoms with Crippen LogP contribution in [0.3, 0.4) is 0 Å². The number of rotatable bonds is 13. The summed E-state index contributed by atoms with van der Waals surface area (Å²) in [6.07, 6.45) is -3.15. The second-order valence-electron chi connectivity index (χ2n) is 9.59.